The summed E-state index contributed by atoms with van der Waals surface area (Å²) in [5, 5.41) is 2.64. The van der Waals surface area contributed by atoms with Crippen LogP contribution in [-0.2, 0) is 16.0 Å². The van der Waals surface area contributed by atoms with Gasteiger partial charge in [-0.3, -0.25) is 14.2 Å². The van der Waals surface area contributed by atoms with E-state index in [1.807, 2.05) is 0 Å². The Bertz CT molecular complexity index is 901. The predicted molar refractivity (Wildman–Crippen MR) is 95.0 cm³/mol. The molecule has 1 heterocycles. The highest BCUT2D eigenvalue weighted by Gasteiger charge is 2.20. The number of hydrogen-bond donors (Lipinski definition) is 1. The molecule has 0 saturated carbocycles. The minimum absolute atomic E-state index is 0.0932. The highest BCUT2D eigenvalue weighted by Crippen LogP contribution is 2.15. The molecule has 2 rings (SSSR count). The number of methoxy groups -OCH3 is 1. The summed E-state index contributed by atoms with van der Waals surface area (Å²) in [5.41, 5.74) is 0.925. The largest absolute Gasteiger partial charge is 0.465 e. The van der Waals surface area contributed by atoms with Gasteiger partial charge in [0.05, 0.1) is 7.11 Å². The normalized spacial score (nSPS) is 10.3. The van der Waals surface area contributed by atoms with Crippen molar-refractivity contribution in [3.8, 4) is 5.69 Å². The Morgan fingerprint density at radius 1 is 1.31 bits per heavy atom. The maximum Gasteiger partial charge on any atom is 0.343 e. The number of nitrogens with zero attached hydrogens (tertiary/aromatic N) is 1. The topological polar surface area (TPSA) is 77.4 Å². The van der Waals surface area contributed by atoms with E-state index < -0.39 is 17.3 Å². The van der Waals surface area contributed by atoms with Crippen LogP contribution in [0.2, 0.25) is 0 Å². The van der Waals surface area contributed by atoms with Crippen LogP contribution in [0, 0.1) is 12.7 Å². The fraction of sp³-hybridized carbons (Fsp3) is 0.211. The first kappa shape index (κ1) is 19.1. The highest BCUT2D eigenvalue weighted by atomic mass is 19.1. The third kappa shape index (κ3) is 4.05. The Hall–Kier alpha value is -3.22. The number of rotatable bonds is 6. The SMILES string of the molecule is C=CC(=O)NCCc1cn(-c2ccc(F)cc2)c(=O)c(C(=O)OC)c1C. The lowest BCUT2D eigenvalue weighted by atomic mass is 10.0. The lowest BCUT2D eigenvalue weighted by Crippen LogP contribution is -2.29. The Labute approximate surface area is 149 Å². The van der Waals surface area contributed by atoms with Crippen LogP contribution in [0.3, 0.4) is 0 Å². The fourth-order valence-electron chi connectivity index (χ4n) is 2.53. The molecule has 0 atom stereocenters. The number of halogens is 1. The van der Waals surface area contributed by atoms with E-state index in [-0.39, 0.29) is 11.5 Å². The number of carbonyl (C=O) groups is 2. The zero-order chi connectivity index (χ0) is 19.3. The van der Waals surface area contributed by atoms with E-state index in [0.29, 0.717) is 29.8 Å². The summed E-state index contributed by atoms with van der Waals surface area (Å²) in [6.07, 6.45) is 3.13. The van der Waals surface area contributed by atoms with Gasteiger partial charge in [0, 0.05) is 18.4 Å². The minimum Gasteiger partial charge on any atom is -0.465 e. The predicted octanol–water partition coefficient (Wildman–Crippen LogP) is 1.92. The molecule has 1 aromatic carbocycles. The molecule has 0 spiro atoms. The van der Waals surface area contributed by atoms with Gasteiger partial charge in [0.15, 0.2) is 0 Å². The van der Waals surface area contributed by atoms with Gasteiger partial charge >= 0.3 is 5.97 Å². The highest BCUT2D eigenvalue weighted by molar-refractivity contribution is 5.91. The van der Waals surface area contributed by atoms with Crippen LogP contribution in [0.1, 0.15) is 21.5 Å². The number of esters is 1. The molecule has 0 radical (unpaired) electrons. The summed E-state index contributed by atoms with van der Waals surface area (Å²) in [4.78, 5) is 36.1. The minimum atomic E-state index is -0.750. The molecule has 26 heavy (non-hydrogen) atoms. The van der Waals surface area contributed by atoms with E-state index in [4.69, 9.17) is 4.74 Å². The van der Waals surface area contributed by atoms with Crippen LogP contribution >= 0.6 is 0 Å². The van der Waals surface area contributed by atoms with Crippen molar-refractivity contribution < 1.29 is 18.7 Å². The Morgan fingerprint density at radius 2 is 1.96 bits per heavy atom. The smallest absolute Gasteiger partial charge is 0.343 e. The summed E-state index contributed by atoms with van der Waals surface area (Å²) >= 11 is 0. The van der Waals surface area contributed by atoms with E-state index in [9.17, 15) is 18.8 Å². The standard InChI is InChI=1S/C19H19FN2O4/c1-4-16(23)21-10-9-13-11-22(15-7-5-14(20)6-8-15)18(24)17(12(13)2)19(25)26-3/h4-8,11H,1,9-10H2,2-3H3,(H,21,23). The maximum atomic E-state index is 13.2. The van der Waals surface area contributed by atoms with Crippen LogP contribution in [0.5, 0.6) is 0 Å². The Kier molecular flexibility index (Phi) is 6.06. The van der Waals surface area contributed by atoms with Crippen LogP contribution < -0.4 is 10.9 Å². The lowest BCUT2D eigenvalue weighted by Gasteiger charge is -2.15. The monoisotopic (exact) mass is 358 g/mol. The maximum absolute atomic E-state index is 13.2. The van der Waals surface area contributed by atoms with Gasteiger partial charge in [0.25, 0.3) is 5.56 Å². The van der Waals surface area contributed by atoms with E-state index >= 15 is 0 Å². The van der Waals surface area contributed by atoms with Gasteiger partial charge in [-0.15, -0.1) is 0 Å². The summed E-state index contributed by atoms with van der Waals surface area (Å²) in [6.45, 7) is 5.32. The van der Waals surface area contributed by atoms with Crippen molar-refractivity contribution >= 4 is 11.9 Å². The quantitative estimate of drug-likeness (QED) is 0.632. The van der Waals surface area contributed by atoms with Gasteiger partial charge in [-0.2, -0.15) is 0 Å². The van der Waals surface area contributed by atoms with Crippen LogP contribution in [0.25, 0.3) is 5.69 Å². The van der Waals surface area contributed by atoms with Gasteiger partial charge in [-0.1, -0.05) is 6.58 Å². The number of nitrogens with one attached hydrogen (secondary N) is 1. The van der Waals surface area contributed by atoms with E-state index in [1.165, 1.54) is 35.9 Å². The van der Waals surface area contributed by atoms with Gasteiger partial charge in [0.1, 0.15) is 11.4 Å². The van der Waals surface area contributed by atoms with Crippen molar-refractivity contribution in [2.45, 2.75) is 13.3 Å². The molecule has 136 valence electrons. The van der Waals surface area contributed by atoms with E-state index in [2.05, 4.69) is 11.9 Å². The molecule has 1 aromatic heterocycles. The average molecular weight is 358 g/mol. The van der Waals surface area contributed by atoms with Crippen molar-refractivity contribution in [1.82, 2.24) is 9.88 Å². The first-order chi connectivity index (χ1) is 12.4. The van der Waals surface area contributed by atoms with E-state index in [1.54, 1.807) is 13.1 Å². The molecule has 0 saturated heterocycles. The third-order valence-electron chi connectivity index (χ3n) is 3.95. The number of pyridine rings is 1. The molecule has 0 unspecified atom stereocenters. The zero-order valence-electron chi connectivity index (χ0n) is 14.5. The second kappa shape index (κ2) is 8.24. The number of hydrogen-bond acceptors (Lipinski definition) is 4. The average Bonchev–Trinajstić information content (AvgIpc) is 2.64. The lowest BCUT2D eigenvalue weighted by molar-refractivity contribution is -0.116. The van der Waals surface area contributed by atoms with Crippen molar-refractivity contribution in [2.75, 3.05) is 13.7 Å². The number of carbonyl (C=O) groups excluding carboxylic acids is 2. The van der Waals surface area contributed by atoms with Gasteiger partial charge in [-0.25, -0.2) is 9.18 Å². The molecule has 0 aliphatic carbocycles. The number of benzene rings is 1. The second-order valence-corrected chi connectivity index (χ2v) is 5.54. The molecule has 0 fully saturated rings. The van der Waals surface area contributed by atoms with Gasteiger partial charge < -0.3 is 10.1 Å². The van der Waals surface area contributed by atoms with Crippen molar-refractivity contribution in [3.63, 3.8) is 0 Å². The molecule has 7 heteroatoms. The molecule has 0 bridgehead atoms. The zero-order valence-corrected chi connectivity index (χ0v) is 14.5. The van der Waals surface area contributed by atoms with Crippen LogP contribution in [0.4, 0.5) is 4.39 Å². The first-order valence-corrected chi connectivity index (χ1v) is 7.88. The van der Waals surface area contributed by atoms with Crippen LogP contribution in [0.15, 0.2) is 47.9 Å². The van der Waals surface area contributed by atoms with Crippen molar-refractivity contribution in [3.05, 3.63) is 76.0 Å². The second-order valence-electron chi connectivity index (χ2n) is 5.54. The number of amides is 1. The molecular weight excluding hydrogens is 339 g/mol. The summed E-state index contributed by atoms with van der Waals surface area (Å²) < 4.78 is 19.2. The Balaban J connectivity index is 2.53. The molecule has 2 aromatic rings. The third-order valence-corrected chi connectivity index (χ3v) is 3.95. The molecule has 1 N–H and O–H groups in total. The molecular formula is C19H19FN2O4. The molecule has 0 aliphatic heterocycles. The summed E-state index contributed by atoms with van der Waals surface area (Å²) in [7, 11) is 1.19. The molecule has 0 aliphatic rings. The first-order valence-electron chi connectivity index (χ1n) is 7.88. The number of ether oxygens (including phenoxy) is 1. The fourth-order valence-corrected chi connectivity index (χ4v) is 2.53. The van der Waals surface area contributed by atoms with Crippen LogP contribution in [-0.4, -0.2) is 30.1 Å². The van der Waals surface area contributed by atoms with E-state index in [0.717, 1.165) is 6.08 Å². The summed E-state index contributed by atoms with van der Waals surface area (Å²) in [6, 6.07) is 5.33. The van der Waals surface area contributed by atoms with Gasteiger partial charge in [0.2, 0.25) is 5.91 Å². The number of aromatic nitrogens is 1. The van der Waals surface area contributed by atoms with Gasteiger partial charge in [-0.05, 0) is 54.8 Å². The van der Waals surface area contributed by atoms with Crippen molar-refractivity contribution in [1.29, 1.82) is 0 Å². The summed E-state index contributed by atoms with van der Waals surface area (Å²) in [5.74, 6) is -1.50. The molecule has 1 amide bonds. The Morgan fingerprint density at radius 3 is 2.54 bits per heavy atom. The van der Waals surface area contributed by atoms with Crippen molar-refractivity contribution in [2.24, 2.45) is 0 Å². The molecule has 6 nitrogen and oxygen atoms in total.